The number of carboxylic acids is 1. The minimum absolute atomic E-state index is 0.366. The van der Waals surface area contributed by atoms with Gasteiger partial charge in [-0.1, -0.05) is 54.7 Å². The van der Waals surface area contributed by atoms with Crippen LogP contribution in [0.5, 0.6) is 0 Å². The second-order valence-electron chi connectivity index (χ2n) is 7.64. The fraction of sp³-hybridized carbons (Fsp3) is 0.240. The van der Waals surface area contributed by atoms with Crippen molar-refractivity contribution in [1.82, 2.24) is 9.97 Å². The summed E-state index contributed by atoms with van der Waals surface area (Å²) >= 11 is 13.7. The summed E-state index contributed by atoms with van der Waals surface area (Å²) in [6, 6.07) is 14.7. The van der Waals surface area contributed by atoms with Crippen LogP contribution in [0.25, 0.3) is 32.0 Å². The van der Waals surface area contributed by atoms with Crippen molar-refractivity contribution < 1.29 is 14.6 Å². The lowest BCUT2D eigenvalue weighted by Crippen LogP contribution is -2.18. The first-order valence-electron chi connectivity index (χ1n) is 10.6. The average molecular weight is 501 g/mol. The van der Waals surface area contributed by atoms with Gasteiger partial charge in [-0.3, -0.25) is 0 Å². The Labute approximate surface area is 206 Å². The lowest BCUT2D eigenvalue weighted by molar-refractivity contribution is -0.151. The highest BCUT2D eigenvalue weighted by Crippen LogP contribution is 2.43. The molecule has 8 heteroatoms. The van der Waals surface area contributed by atoms with E-state index in [9.17, 15) is 9.90 Å². The molecule has 0 saturated carbocycles. The molecule has 0 aliphatic carbocycles. The van der Waals surface area contributed by atoms with E-state index in [0.717, 1.165) is 39.7 Å². The zero-order valence-corrected chi connectivity index (χ0v) is 20.5. The number of hydrogen-bond donors (Lipinski definition) is 1. The molecule has 1 N–H and O–H groups in total. The van der Waals surface area contributed by atoms with E-state index in [0.29, 0.717) is 33.0 Å². The predicted molar refractivity (Wildman–Crippen MR) is 134 cm³/mol. The van der Waals surface area contributed by atoms with Crippen molar-refractivity contribution >= 4 is 50.7 Å². The molecule has 2 heterocycles. The lowest BCUT2D eigenvalue weighted by atomic mass is 9.91. The molecular weight excluding hydrogens is 479 g/mol. The van der Waals surface area contributed by atoms with E-state index in [1.807, 2.05) is 44.2 Å². The van der Waals surface area contributed by atoms with E-state index in [4.69, 9.17) is 32.9 Å². The molecule has 0 fully saturated rings. The van der Waals surface area contributed by atoms with Gasteiger partial charge in [-0.2, -0.15) is 0 Å². The van der Waals surface area contributed by atoms with Crippen LogP contribution in [0.15, 0.2) is 48.5 Å². The molecule has 33 heavy (non-hydrogen) atoms. The minimum Gasteiger partial charge on any atom is -0.479 e. The van der Waals surface area contributed by atoms with Crippen molar-refractivity contribution in [3.05, 3.63) is 69.8 Å². The van der Waals surface area contributed by atoms with Crippen LogP contribution in [0.4, 0.5) is 0 Å². The van der Waals surface area contributed by atoms with Crippen LogP contribution in [-0.4, -0.2) is 27.7 Å². The van der Waals surface area contributed by atoms with Crippen LogP contribution in [0.3, 0.4) is 0 Å². The summed E-state index contributed by atoms with van der Waals surface area (Å²) in [7, 11) is 0. The smallest absolute Gasteiger partial charge is 0.337 e. The molecule has 170 valence electrons. The number of thiazole rings is 1. The van der Waals surface area contributed by atoms with Gasteiger partial charge in [0.25, 0.3) is 0 Å². The van der Waals surface area contributed by atoms with E-state index in [-0.39, 0.29) is 0 Å². The van der Waals surface area contributed by atoms with Crippen LogP contribution < -0.4 is 0 Å². The molecule has 0 saturated heterocycles. The van der Waals surface area contributed by atoms with Gasteiger partial charge in [-0.15, -0.1) is 11.3 Å². The summed E-state index contributed by atoms with van der Waals surface area (Å²) in [5, 5.41) is 11.8. The second kappa shape index (κ2) is 10.2. The molecule has 2 aromatic carbocycles. The summed E-state index contributed by atoms with van der Waals surface area (Å²) in [6.45, 7) is 4.30. The van der Waals surface area contributed by atoms with Crippen LogP contribution in [0.2, 0.25) is 10.2 Å². The number of pyridine rings is 1. The molecule has 5 nitrogen and oxygen atoms in total. The molecule has 2 aromatic heterocycles. The van der Waals surface area contributed by atoms with Gasteiger partial charge in [0.05, 0.1) is 10.2 Å². The molecule has 0 radical (unpaired) electrons. The Balaban J connectivity index is 1.97. The van der Waals surface area contributed by atoms with Crippen molar-refractivity contribution in [3.63, 3.8) is 0 Å². The molecule has 0 aliphatic rings. The zero-order chi connectivity index (χ0) is 23.5. The van der Waals surface area contributed by atoms with Crippen molar-refractivity contribution in [2.45, 2.75) is 32.8 Å². The quantitative estimate of drug-likeness (QED) is 0.199. The number of fused-ring (bicyclic) bond motifs is 1. The standard InChI is InChI=1S/C25H22Cl2N2O3S/c1-3-4-12-32-22(25(30)31)20-14(2)13-18-23(21(20)15-8-10-16(26)11-9-15)33-24(29-18)17-6-5-7-19(27)28-17/h5-11,13,22H,3-4,12H2,1-2H3,(H,30,31). The van der Waals surface area contributed by atoms with E-state index in [2.05, 4.69) is 4.98 Å². The van der Waals surface area contributed by atoms with Crippen molar-refractivity contribution in [1.29, 1.82) is 0 Å². The Morgan fingerprint density at radius 2 is 1.91 bits per heavy atom. The summed E-state index contributed by atoms with van der Waals surface area (Å²) in [6.07, 6.45) is 0.604. The summed E-state index contributed by atoms with van der Waals surface area (Å²) < 4.78 is 6.74. The molecule has 0 amide bonds. The number of aromatic nitrogens is 2. The van der Waals surface area contributed by atoms with Crippen LogP contribution in [0.1, 0.15) is 37.0 Å². The molecule has 0 bridgehead atoms. The molecule has 0 aliphatic heterocycles. The summed E-state index contributed by atoms with van der Waals surface area (Å²) in [5.74, 6) is -1.02. The number of rotatable bonds is 8. The minimum atomic E-state index is -1.10. The van der Waals surface area contributed by atoms with Gasteiger partial charge >= 0.3 is 5.97 Å². The SMILES string of the molecule is CCCCOC(C(=O)O)c1c(C)cc2nc(-c3cccc(Cl)n3)sc2c1-c1ccc(Cl)cc1. The Morgan fingerprint density at radius 1 is 1.15 bits per heavy atom. The number of nitrogens with zero attached hydrogens (tertiary/aromatic N) is 2. The third-order valence-electron chi connectivity index (χ3n) is 5.26. The zero-order valence-electron chi connectivity index (χ0n) is 18.1. The molecule has 1 atom stereocenters. The first kappa shape index (κ1) is 23.6. The third kappa shape index (κ3) is 5.04. The van der Waals surface area contributed by atoms with Gasteiger partial charge in [-0.05, 0) is 54.8 Å². The van der Waals surface area contributed by atoms with E-state index < -0.39 is 12.1 Å². The molecule has 4 rings (SSSR count). The third-order valence-corrected chi connectivity index (χ3v) is 6.84. The van der Waals surface area contributed by atoms with Crippen molar-refractivity contribution in [2.75, 3.05) is 6.61 Å². The number of benzene rings is 2. The second-order valence-corrected chi connectivity index (χ2v) is 9.47. The van der Waals surface area contributed by atoms with E-state index in [1.54, 1.807) is 18.2 Å². The van der Waals surface area contributed by atoms with Crippen LogP contribution >= 0.6 is 34.5 Å². The topological polar surface area (TPSA) is 72.3 Å². The number of carbonyl (C=O) groups is 1. The molecule has 4 aromatic rings. The Morgan fingerprint density at radius 3 is 2.58 bits per heavy atom. The monoisotopic (exact) mass is 500 g/mol. The maximum absolute atomic E-state index is 12.3. The largest absolute Gasteiger partial charge is 0.479 e. The summed E-state index contributed by atoms with van der Waals surface area (Å²) in [4.78, 5) is 21.5. The van der Waals surface area contributed by atoms with Crippen molar-refractivity contribution in [3.8, 4) is 21.8 Å². The molecular formula is C25H22Cl2N2O3S. The van der Waals surface area contributed by atoms with Gasteiger partial charge in [0, 0.05) is 22.8 Å². The fourth-order valence-electron chi connectivity index (χ4n) is 3.71. The van der Waals surface area contributed by atoms with Crippen LogP contribution in [0, 0.1) is 6.92 Å². The van der Waals surface area contributed by atoms with Gasteiger partial charge in [0.2, 0.25) is 0 Å². The number of unbranched alkanes of at least 4 members (excludes halogenated alkanes) is 1. The Kier molecular flexibility index (Phi) is 7.29. The number of aryl methyl sites for hydroxylation is 1. The predicted octanol–water partition coefficient (Wildman–Crippen LogP) is 7.58. The number of halogens is 2. The normalized spacial score (nSPS) is 12.2. The molecule has 0 spiro atoms. The average Bonchev–Trinajstić information content (AvgIpc) is 3.20. The Bertz CT molecular complexity index is 1310. The van der Waals surface area contributed by atoms with Gasteiger partial charge in [-0.25, -0.2) is 14.8 Å². The number of ether oxygens (including phenoxy) is 1. The highest BCUT2D eigenvalue weighted by atomic mass is 35.5. The van der Waals surface area contributed by atoms with Crippen LogP contribution in [-0.2, 0) is 9.53 Å². The number of hydrogen-bond acceptors (Lipinski definition) is 5. The maximum atomic E-state index is 12.3. The highest BCUT2D eigenvalue weighted by molar-refractivity contribution is 7.22. The Hall–Kier alpha value is -2.51. The molecule has 1 unspecified atom stereocenters. The first-order valence-corrected chi connectivity index (χ1v) is 12.1. The summed E-state index contributed by atoms with van der Waals surface area (Å²) in [5.41, 5.74) is 4.49. The maximum Gasteiger partial charge on any atom is 0.337 e. The number of aliphatic carboxylic acids is 1. The van der Waals surface area contributed by atoms with E-state index in [1.165, 1.54) is 11.3 Å². The van der Waals surface area contributed by atoms with E-state index >= 15 is 0 Å². The number of carboxylic acid groups (broad SMARTS) is 1. The first-order chi connectivity index (χ1) is 15.9. The van der Waals surface area contributed by atoms with Gasteiger partial charge < -0.3 is 9.84 Å². The lowest BCUT2D eigenvalue weighted by Gasteiger charge is -2.21. The van der Waals surface area contributed by atoms with Crippen molar-refractivity contribution in [2.24, 2.45) is 0 Å². The van der Waals surface area contributed by atoms with Gasteiger partial charge in [0.15, 0.2) is 6.10 Å². The van der Waals surface area contributed by atoms with Gasteiger partial charge in [0.1, 0.15) is 15.9 Å². The fourth-order valence-corrected chi connectivity index (χ4v) is 5.10. The highest BCUT2D eigenvalue weighted by Gasteiger charge is 2.29.